The monoisotopic (exact) mass is 185 g/mol. The van der Waals surface area contributed by atoms with Crippen LogP contribution in [-0.4, -0.2) is 0 Å². The molecule has 1 aromatic rings. The Labute approximate surface area is 76.3 Å². The molecule has 0 unspecified atom stereocenters. The van der Waals surface area contributed by atoms with Gasteiger partial charge in [0.2, 0.25) is 0 Å². The van der Waals surface area contributed by atoms with Crippen LogP contribution in [0.5, 0.6) is 0 Å². The van der Waals surface area contributed by atoms with E-state index >= 15 is 0 Å². The van der Waals surface area contributed by atoms with Crippen LogP contribution in [0.15, 0.2) is 40.8 Å². The zero-order valence-electron chi connectivity index (χ0n) is 5.78. The van der Waals surface area contributed by atoms with Gasteiger partial charge in [0.05, 0.1) is 5.69 Å². The summed E-state index contributed by atoms with van der Waals surface area (Å²) in [6.45, 7) is 0. The largest absolute Gasteiger partial charge is 0.360 e. The molecule has 0 saturated carbocycles. The van der Waals surface area contributed by atoms with Gasteiger partial charge < -0.3 is 5.32 Å². The zero-order valence-corrected chi connectivity index (χ0v) is 7.41. The van der Waals surface area contributed by atoms with Crippen LogP contribution in [0.25, 0.3) is 0 Å². The average molecular weight is 186 g/mol. The number of para-hydroxylation sites is 1. The molecule has 0 bridgehead atoms. The molecule has 11 heavy (non-hydrogen) atoms. The van der Waals surface area contributed by atoms with E-state index in [1.807, 2.05) is 23.7 Å². The molecule has 58 valence electrons. The van der Waals surface area contributed by atoms with E-state index in [1.165, 1.54) is 10.6 Å². The van der Waals surface area contributed by atoms with Crippen molar-refractivity contribution < 1.29 is 0 Å². The quantitative estimate of drug-likeness (QED) is 0.667. The highest BCUT2D eigenvalue weighted by Crippen LogP contribution is 2.30. The lowest BCUT2D eigenvalue weighted by Crippen LogP contribution is -1.91. The van der Waals surface area contributed by atoms with E-state index in [-0.39, 0.29) is 12.4 Å². The summed E-state index contributed by atoms with van der Waals surface area (Å²) < 4.78 is 0. The number of rotatable bonds is 0. The Kier molecular flexibility index (Phi) is 2.85. The van der Waals surface area contributed by atoms with Crippen LogP contribution < -0.4 is 5.32 Å². The Morgan fingerprint density at radius 2 is 2.00 bits per heavy atom. The average Bonchev–Trinajstić information content (AvgIpc) is 2.05. The molecule has 0 fully saturated rings. The standard InChI is InChI=1S/C8H7NS.ClH/c1-2-4-8-7(3-1)9-5-6-10-8;/h1-6,9H;1H. The third-order valence-corrected chi connectivity index (χ3v) is 2.27. The second-order valence-corrected chi connectivity index (χ2v) is 3.01. The van der Waals surface area contributed by atoms with Gasteiger partial charge in [0.1, 0.15) is 0 Å². The van der Waals surface area contributed by atoms with E-state index in [2.05, 4.69) is 17.4 Å². The minimum absolute atomic E-state index is 0. The minimum atomic E-state index is 0. The van der Waals surface area contributed by atoms with Crippen molar-refractivity contribution in [2.45, 2.75) is 4.90 Å². The van der Waals surface area contributed by atoms with Gasteiger partial charge in [0, 0.05) is 11.1 Å². The molecule has 0 spiro atoms. The minimum Gasteiger partial charge on any atom is -0.360 e. The lowest BCUT2D eigenvalue weighted by molar-refractivity contribution is 1.41. The Morgan fingerprint density at radius 1 is 1.18 bits per heavy atom. The van der Waals surface area contributed by atoms with Crippen LogP contribution in [-0.2, 0) is 0 Å². The molecule has 1 aromatic carbocycles. The van der Waals surface area contributed by atoms with Gasteiger partial charge in [-0.1, -0.05) is 23.9 Å². The van der Waals surface area contributed by atoms with Gasteiger partial charge in [-0.05, 0) is 17.5 Å². The van der Waals surface area contributed by atoms with Gasteiger partial charge in [-0.3, -0.25) is 0 Å². The fourth-order valence-electron chi connectivity index (χ4n) is 0.920. The van der Waals surface area contributed by atoms with Gasteiger partial charge in [0.25, 0.3) is 0 Å². The number of hydrogen-bond donors (Lipinski definition) is 1. The first kappa shape index (κ1) is 8.50. The van der Waals surface area contributed by atoms with E-state index < -0.39 is 0 Å². The lowest BCUT2D eigenvalue weighted by atomic mass is 10.3. The topological polar surface area (TPSA) is 12.0 Å². The molecule has 0 aromatic heterocycles. The molecule has 2 rings (SSSR count). The number of fused-ring (bicyclic) bond motifs is 1. The number of hydrogen-bond acceptors (Lipinski definition) is 2. The fourth-order valence-corrected chi connectivity index (χ4v) is 1.61. The normalized spacial score (nSPS) is 12.7. The summed E-state index contributed by atoms with van der Waals surface area (Å²) in [5, 5.41) is 5.21. The van der Waals surface area contributed by atoms with Gasteiger partial charge in [-0.2, -0.15) is 0 Å². The maximum atomic E-state index is 3.16. The van der Waals surface area contributed by atoms with Crippen molar-refractivity contribution >= 4 is 29.9 Å². The molecule has 0 atom stereocenters. The molecule has 0 radical (unpaired) electrons. The van der Waals surface area contributed by atoms with Crippen molar-refractivity contribution in [2.24, 2.45) is 0 Å². The SMILES string of the molecule is C1=CSc2ccccc2N1.Cl. The lowest BCUT2D eigenvalue weighted by Gasteiger charge is -2.10. The maximum absolute atomic E-state index is 3.16. The predicted molar refractivity (Wildman–Crippen MR) is 52.3 cm³/mol. The van der Waals surface area contributed by atoms with E-state index in [0.717, 1.165) is 0 Å². The first-order valence-corrected chi connectivity index (χ1v) is 4.02. The van der Waals surface area contributed by atoms with Gasteiger partial charge >= 0.3 is 0 Å². The molecule has 0 aliphatic carbocycles. The number of thioether (sulfide) groups is 1. The summed E-state index contributed by atoms with van der Waals surface area (Å²) in [7, 11) is 0. The summed E-state index contributed by atoms with van der Waals surface area (Å²) in [5.41, 5.74) is 1.20. The second-order valence-electron chi connectivity index (χ2n) is 2.06. The predicted octanol–water partition coefficient (Wildman–Crippen LogP) is 3.10. The van der Waals surface area contributed by atoms with Crippen molar-refractivity contribution in [3.05, 3.63) is 35.9 Å². The van der Waals surface area contributed by atoms with Crippen LogP contribution in [0.4, 0.5) is 5.69 Å². The summed E-state index contributed by atoms with van der Waals surface area (Å²) in [6.07, 6.45) is 1.95. The van der Waals surface area contributed by atoms with Crippen molar-refractivity contribution in [3.8, 4) is 0 Å². The highest BCUT2D eigenvalue weighted by Gasteiger charge is 2.00. The van der Waals surface area contributed by atoms with Crippen molar-refractivity contribution in [3.63, 3.8) is 0 Å². The molecular formula is C8H8ClNS. The molecule has 1 aliphatic heterocycles. The van der Waals surface area contributed by atoms with Crippen molar-refractivity contribution in [1.29, 1.82) is 0 Å². The first-order chi connectivity index (χ1) is 4.97. The molecular weight excluding hydrogens is 178 g/mol. The zero-order chi connectivity index (χ0) is 6.81. The summed E-state index contributed by atoms with van der Waals surface area (Å²) in [4.78, 5) is 1.30. The maximum Gasteiger partial charge on any atom is 0.0521 e. The number of benzene rings is 1. The summed E-state index contributed by atoms with van der Waals surface area (Å²) in [5.74, 6) is 0. The highest BCUT2D eigenvalue weighted by molar-refractivity contribution is 8.02. The van der Waals surface area contributed by atoms with Crippen LogP contribution >= 0.6 is 24.2 Å². The summed E-state index contributed by atoms with van der Waals surface area (Å²) >= 11 is 1.75. The highest BCUT2D eigenvalue weighted by atomic mass is 35.5. The molecule has 1 heterocycles. The van der Waals surface area contributed by atoms with Gasteiger partial charge in [-0.25, -0.2) is 0 Å². The molecule has 0 saturated heterocycles. The Bertz CT molecular complexity index is 246. The third-order valence-electron chi connectivity index (χ3n) is 1.39. The third kappa shape index (κ3) is 1.70. The van der Waals surface area contributed by atoms with Crippen LogP contribution in [0, 0.1) is 0 Å². The Balaban J connectivity index is 0.000000605. The number of anilines is 1. The smallest absolute Gasteiger partial charge is 0.0521 e. The van der Waals surface area contributed by atoms with Gasteiger partial charge in [-0.15, -0.1) is 12.4 Å². The Morgan fingerprint density at radius 3 is 2.82 bits per heavy atom. The van der Waals surface area contributed by atoms with E-state index in [9.17, 15) is 0 Å². The number of halogens is 1. The van der Waals surface area contributed by atoms with Crippen molar-refractivity contribution in [1.82, 2.24) is 0 Å². The van der Waals surface area contributed by atoms with E-state index in [4.69, 9.17) is 0 Å². The molecule has 1 aliphatic rings. The summed E-state index contributed by atoms with van der Waals surface area (Å²) in [6, 6.07) is 8.26. The fraction of sp³-hybridized carbons (Fsp3) is 0. The molecule has 1 nitrogen and oxygen atoms in total. The van der Waals surface area contributed by atoms with Gasteiger partial charge in [0.15, 0.2) is 0 Å². The molecule has 3 heteroatoms. The Hall–Kier alpha value is -0.600. The number of nitrogens with one attached hydrogen (secondary N) is 1. The van der Waals surface area contributed by atoms with Crippen LogP contribution in [0.3, 0.4) is 0 Å². The first-order valence-electron chi connectivity index (χ1n) is 3.14. The van der Waals surface area contributed by atoms with Crippen molar-refractivity contribution in [2.75, 3.05) is 5.32 Å². The van der Waals surface area contributed by atoms with Crippen LogP contribution in [0.1, 0.15) is 0 Å². The van der Waals surface area contributed by atoms with Crippen LogP contribution in [0.2, 0.25) is 0 Å². The molecule has 0 amide bonds. The van der Waals surface area contributed by atoms with E-state index in [1.54, 1.807) is 11.8 Å². The van der Waals surface area contributed by atoms with E-state index in [0.29, 0.717) is 0 Å². The molecule has 1 N–H and O–H groups in total. The second kappa shape index (κ2) is 3.69.